The predicted molar refractivity (Wildman–Crippen MR) is 104 cm³/mol. The van der Waals surface area contributed by atoms with Gasteiger partial charge < -0.3 is 10.6 Å². The van der Waals surface area contributed by atoms with Gasteiger partial charge in [0.1, 0.15) is 0 Å². The third kappa shape index (κ3) is 4.56. The summed E-state index contributed by atoms with van der Waals surface area (Å²) in [6.07, 6.45) is 8.95. The highest BCUT2D eigenvalue weighted by Crippen LogP contribution is 2.37. The van der Waals surface area contributed by atoms with Gasteiger partial charge in [0.15, 0.2) is 0 Å². The quantitative estimate of drug-likeness (QED) is 0.597. The van der Waals surface area contributed by atoms with E-state index in [1.165, 1.54) is 5.69 Å². The summed E-state index contributed by atoms with van der Waals surface area (Å²) >= 11 is 6.09. The molecule has 2 N–H and O–H groups in total. The molecule has 0 atom stereocenters. The SMILES string of the molecule is NC(=O)C1(CCCCN2CCN(c3cccc(Cl)c3)CC2)CC=CC1. The second-order valence-electron chi connectivity index (χ2n) is 7.29. The van der Waals surface area contributed by atoms with Crippen molar-refractivity contribution >= 4 is 23.2 Å². The maximum Gasteiger partial charge on any atom is 0.224 e. The Balaban J connectivity index is 1.37. The topological polar surface area (TPSA) is 49.6 Å². The summed E-state index contributed by atoms with van der Waals surface area (Å²) in [5.74, 6) is -0.132. The Morgan fingerprint density at radius 1 is 1.12 bits per heavy atom. The molecule has 0 radical (unpaired) electrons. The summed E-state index contributed by atoms with van der Waals surface area (Å²) in [7, 11) is 0. The molecule has 1 aromatic rings. The number of carbonyl (C=O) groups excluding carboxylic acids is 1. The van der Waals surface area contributed by atoms with E-state index in [0.717, 1.165) is 69.9 Å². The van der Waals surface area contributed by atoms with Gasteiger partial charge in [0, 0.05) is 36.9 Å². The van der Waals surface area contributed by atoms with Crippen LogP contribution in [-0.4, -0.2) is 43.5 Å². The number of unbranched alkanes of at least 4 members (excludes halogenated alkanes) is 1. The lowest BCUT2D eigenvalue weighted by Gasteiger charge is -2.36. The van der Waals surface area contributed by atoms with Crippen molar-refractivity contribution in [3.8, 4) is 0 Å². The highest BCUT2D eigenvalue weighted by atomic mass is 35.5. The zero-order chi connectivity index (χ0) is 17.7. The van der Waals surface area contributed by atoms with E-state index < -0.39 is 0 Å². The van der Waals surface area contributed by atoms with E-state index in [2.05, 4.69) is 28.0 Å². The van der Waals surface area contributed by atoms with Crippen molar-refractivity contribution < 1.29 is 4.79 Å². The molecule has 1 saturated heterocycles. The van der Waals surface area contributed by atoms with Gasteiger partial charge in [0.05, 0.1) is 5.41 Å². The minimum absolute atomic E-state index is 0.132. The number of amides is 1. The molecule has 3 rings (SSSR count). The van der Waals surface area contributed by atoms with Gasteiger partial charge in [-0.15, -0.1) is 0 Å². The van der Waals surface area contributed by atoms with Gasteiger partial charge in [-0.2, -0.15) is 0 Å². The summed E-state index contributed by atoms with van der Waals surface area (Å²) in [5, 5.41) is 0.796. The van der Waals surface area contributed by atoms with Gasteiger partial charge >= 0.3 is 0 Å². The van der Waals surface area contributed by atoms with Gasteiger partial charge in [-0.25, -0.2) is 0 Å². The molecule has 1 heterocycles. The Kier molecular flexibility index (Phi) is 6.02. The molecule has 1 aromatic carbocycles. The third-order valence-corrected chi connectivity index (χ3v) is 5.87. The first-order valence-electron chi connectivity index (χ1n) is 9.27. The number of nitrogens with two attached hydrogens (primary N) is 1. The van der Waals surface area contributed by atoms with Crippen LogP contribution < -0.4 is 10.6 Å². The number of halogens is 1. The van der Waals surface area contributed by atoms with Crippen LogP contribution in [0.2, 0.25) is 5.02 Å². The first-order valence-corrected chi connectivity index (χ1v) is 9.65. The number of anilines is 1. The molecule has 1 fully saturated rings. The minimum Gasteiger partial charge on any atom is -0.369 e. The van der Waals surface area contributed by atoms with Crippen molar-refractivity contribution in [3.05, 3.63) is 41.4 Å². The fourth-order valence-corrected chi connectivity index (χ4v) is 4.12. The molecule has 136 valence electrons. The number of piperazine rings is 1. The second kappa shape index (κ2) is 8.24. The number of primary amides is 1. The van der Waals surface area contributed by atoms with Gasteiger partial charge in [-0.05, 0) is 50.4 Å². The van der Waals surface area contributed by atoms with Crippen molar-refractivity contribution in [1.29, 1.82) is 0 Å². The molecule has 5 heteroatoms. The molecule has 4 nitrogen and oxygen atoms in total. The third-order valence-electron chi connectivity index (χ3n) is 5.63. The normalized spacial score (nSPS) is 20.1. The van der Waals surface area contributed by atoms with Crippen LogP contribution in [0.5, 0.6) is 0 Å². The number of nitrogens with zero attached hydrogens (tertiary/aromatic N) is 2. The highest BCUT2D eigenvalue weighted by Gasteiger charge is 2.36. The number of hydrogen-bond acceptors (Lipinski definition) is 3. The Morgan fingerprint density at radius 2 is 1.84 bits per heavy atom. The molecule has 0 saturated carbocycles. The van der Waals surface area contributed by atoms with Crippen LogP contribution in [0.4, 0.5) is 5.69 Å². The molecule has 25 heavy (non-hydrogen) atoms. The lowest BCUT2D eigenvalue weighted by molar-refractivity contribution is -0.127. The van der Waals surface area contributed by atoms with Gasteiger partial charge in [-0.3, -0.25) is 9.69 Å². The molecule has 0 aromatic heterocycles. The number of carbonyl (C=O) groups is 1. The maximum atomic E-state index is 11.8. The van der Waals surface area contributed by atoms with Crippen molar-refractivity contribution in [3.63, 3.8) is 0 Å². The summed E-state index contributed by atoms with van der Waals surface area (Å²) < 4.78 is 0. The Bertz CT molecular complexity index is 615. The zero-order valence-corrected chi connectivity index (χ0v) is 15.5. The molecule has 0 unspecified atom stereocenters. The Hall–Kier alpha value is -1.52. The molecule has 1 aliphatic heterocycles. The van der Waals surface area contributed by atoms with Crippen LogP contribution in [0.15, 0.2) is 36.4 Å². The largest absolute Gasteiger partial charge is 0.369 e. The summed E-state index contributed by atoms with van der Waals surface area (Å²) in [4.78, 5) is 16.7. The van der Waals surface area contributed by atoms with Crippen molar-refractivity contribution in [2.75, 3.05) is 37.6 Å². The average molecular weight is 362 g/mol. The zero-order valence-electron chi connectivity index (χ0n) is 14.8. The maximum absolute atomic E-state index is 11.8. The highest BCUT2D eigenvalue weighted by molar-refractivity contribution is 6.30. The second-order valence-corrected chi connectivity index (χ2v) is 7.73. The van der Waals surface area contributed by atoms with Crippen LogP contribution in [-0.2, 0) is 4.79 Å². The van der Waals surface area contributed by atoms with Gasteiger partial charge in [-0.1, -0.05) is 36.2 Å². The van der Waals surface area contributed by atoms with E-state index >= 15 is 0 Å². The van der Waals surface area contributed by atoms with E-state index in [1.807, 2.05) is 18.2 Å². The van der Waals surface area contributed by atoms with E-state index in [0.29, 0.717) is 0 Å². The fraction of sp³-hybridized carbons (Fsp3) is 0.550. The smallest absolute Gasteiger partial charge is 0.224 e. The molecule has 1 amide bonds. The standard InChI is InChI=1S/C20H28ClN3O/c21-17-6-5-7-18(16-17)24-14-12-23(13-15-24)11-4-3-10-20(19(22)25)8-1-2-9-20/h1-2,5-7,16H,3-4,8-15H2,(H2,22,25). The van der Waals surface area contributed by atoms with E-state index in [4.69, 9.17) is 17.3 Å². The van der Waals surface area contributed by atoms with E-state index in [-0.39, 0.29) is 11.3 Å². The average Bonchev–Trinajstić information content (AvgIpc) is 3.10. The number of hydrogen-bond donors (Lipinski definition) is 1. The monoisotopic (exact) mass is 361 g/mol. The van der Waals surface area contributed by atoms with Crippen LogP contribution in [0.1, 0.15) is 32.1 Å². The molecular formula is C20H28ClN3O. The molecular weight excluding hydrogens is 334 g/mol. The minimum atomic E-state index is -0.300. The molecule has 0 bridgehead atoms. The van der Waals surface area contributed by atoms with Gasteiger partial charge in [0.25, 0.3) is 0 Å². The van der Waals surface area contributed by atoms with Crippen molar-refractivity contribution in [2.24, 2.45) is 11.1 Å². The number of rotatable bonds is 7. The van der Waals surface area contributed by atoms with E-state index in [9.17, 15) is 4.79 Å². The Morgan fingerprint density at radius 3 is 2.48 bits per heavy atom. The number of benzene rings is 1. The summed E-state index contributed by atoms with van der Waals surface area (Å²) in [5.41, 5.74) is 6.55. The van der Waals surface area contributed by atoms with E-state index in [1.54, 1.807) is 0 Å². The molecule has 1 aliphatic carbocycles. The first-order chi connectivity index (χ1) is 12.1. The molecule has 0 spiro atoms. The first kappa shape index (κ1) is 18.3. The van der Waals surface area contributed by atoms with Crippen LogP contribution >= 0.6 is 11.6 Å². The number of allylic oxidation sites excluding steroid dienone is 2. The Labute approximate surface area is 155 Å². The predicted octanol–water partition coefficient (Wildman–Crippen LogP) is 3.45. The summed E-state index contributed by atoms with van der Waals surface area (Å²) in [6, 6.07) is 8.09. The fourth-order valence-electron chi connectivity index (χ4n) is 3.93. The van der Waals surface area contributed by atoms with Gasteiger partial charge in [0.2, 0.25) is 5.91 Å². The van der Waals surface area contributed by atoms with Crippen molar-refractivity contribution in [2.45, 2.75) is 32.1 Å². The lowest BCUT2D eigenvalue weighted by Crippen LogP contribution is -2.46. The summed E-state index contributed by atoms with van der Waals surface area (Å²) in [6.45, 7) is 5.33. The van der Waals surface area contributed by atoms with Crippen LogP contribution in [0, 0.1) is 5.41 Å². The lowest BCUT2D eigenvalue weighted by atomic mass is 9.79. The van der Waals surface area contributed by atoms with Crippen molar-refractivity contribution in [1.82, 2.24) is 4.90 Å². The van der Waals surface area contributed by atoms with Crippen LogP contribution in [0.3, 0.4) is 0 Å². The van der Waals surface area contributed by atoms with Crippen LogP contribution in [0.25, 0.3) is 0 Å². The molecule has 2 aliphatic rings.